The van der Waals surface area contributed by atoms with Crippen LogP contribution in [0.3, 0.4) is 0 Å². The van der Waals surface area contributed by atoms with E-state index < -0.39 is 0 Å². The van der Waals surface area contributed by atoms with Crippen molar-refractivity contribution in [2.45, 2.75) is 25.0 Å². The van der Waals surface area contributed by atoms with Crippen LogP contribution in [-0.4, -0.2) is 39.6 Å². The predicted octanol–water partition coefficient (Wildman–Crippen LogP) is 0.923. The third-order valence-electron chi connectivity index (χ3n) is 5.04. The molecule has 1 N–H and O–H groups in total. The van der Waals surface area contributed by atoms with Gasteiger partial charge in [0.25, 0.3) is 5.91 Å². The molecule has 0 spiro atoms. The molecule has 0 radical (unpaired) electrons. The number of amides is 1. The molecular formula is C14H16N2O2. The molecule has 4 rings (SSSR count). The fraction of sp³-hybridized carbons (Fsp3) is 0.571. The van der Waals surface area contributed by atoms with Gasteiger partial charge in [-0.1, -0.05) is 0 Å². The first-order chi connectivity index (χ1) is 8.75. The molecule has 2 bridgehead atoms. The number of nitrogens with zero attached hydrogens (tertiary/aromatic N) is 2. The number of aliphatic hydroxyl groups is 1. The number of aromatic nitrogens is 1. The molecule has 0 aromatic carbocycles. The van der Waals surface area contributed by atoms with E-state index in [-0.39, 0.29) is 18.1 Å². The Hall–Kier alpha value is -1.42. The average Bonchev–Trinajstić information content (AvgIpc) is 3.00. The number of likely N-dealkylation sites (tertiary alicyclic amines) is 1. The smallest absolute Gasteiger partial charge is 0.254 e. The van der Waals surface area contributed by atoms with Crippen LogP contribution in [0.1, 0.15) is 23.2 Å². The molecular weight excluding hydrogens is 228 g/mol. The number of fused-ring (bicyclic) bond motifs is 1. The van der Waals surface area contributed by atoms with Crippen molar-refractivity contribution in [3.63, 3.8) is 0 Å². The van der Waals surface area contributed by atoms with Crippen molar-refractivity contribution >= 4 is 5.91 Å². The SMILES string of the molecule is O=C(c1ccncc1)N1CC2CC3CC2C1C3O. The van der Waals surface area contributed by atoms with Crippen LogP contribution < -0.4 is 0 Å². The van der Waals surface area contributed by atoms with Crippen molar-refractivity contribution in [1.82, 2.24) is 9.88 Å². The molecule has 5 unspecified atom stereocenters. The van der Waals surface area contributed by atoms with Gasteiger partial charge in [-0.25, -0.2) is 0 Å². The van der Waals surface area contributed by atoms with Crippen LogP contribution in [0.2, 0.25) is 0 Å². The number of carbonyl (C=O) groups excluding carboxylic acids is 1. The summed E-state index contributed by atoms with van der Waals surface area (Å²) in [6, 6.07) is 3.57. The van der Waals surface area contributed by atoms with Crippen LogP contribution in [0.4, 0.5) is 0 Å². The van der Waals surface area contributed by atoms with Gasteiger partial charge in [-0.15, -0.1) is 0 Å². The second-order valence-electron chi connectivity index (χ2n) is 5.83. The minimum atomic E-state index is -0.306. The molecule has 1 saturated heterocycles. The summed E-state index contributed by atoms with van der Waals surface area (Å²) >= 11 is 0. The van der Waals surface area contributed by atoms with Crippen molar-refractivity contribution in [2.75, 3.05) is 6.54 Å². The lowest BCUT2D eigenvalue weighted by Crippen LogP contribution is -2.43. The molecule has 94 valence electrons. The standard InChI is InChI=1S/C14H16N2O2/c17-13-9-5-10-7-16(12(13)11(10)6-9)14(18)8-1-3-15-4-2-8/h1-4,9-13,17H,5-7H2. The quantitative estimate of drug-likeness (QED) is 0.799. The Bertz CT molecular complexity index is 488. The Kier molecular flexibility index (Phi) is 2.07. The van der Waals surface area contributed by atoms with Crippen LogP contribution in [0.5, 0.6) is 0 Å². The molecule has 1 amide bonds. The number of hydrogen-bond acceptors (Lipinski definition) is 3. The first-order valence-corrected chi connectivity index (χ1v) is 6.65. The maximum atomic E-state index is 12.5. The fourth-order valence-corrected chi connectivity index (χ4v) is 4.31. The van der Waals surface area contributed by atoms with Gasteiger partial charge in [-0.05, 0) is 42.7 Å². The van der Waals surface area contributed by atoms with Crippen LogP contribution in [-0.2, 0) is 0 Å². The number of pyridine rings is 1. The average molecular weight is 244 g/mol. The highest BCUT2D eigenvalue weighted by molar-refractivity contribution is 5.94. The van der Waals surface area contributed by atoms with Gasteiger partial charge < -0.3 is 10.0 Å². The second kappa shape index (κ2) is 3.54. The maximum Gasteiger partial charge on any atom is 0.254 e. The van der Waals surface area contributed by atoms with E-state index in [1.165, 1.54) is 0 Å². The highest BCUT2D eigenvalue weighted by atomic mass is 16.3. The van der Waals surface area contributed by atoms with Crippen molar-refractivity contribution < 1.29 is 9.90 Å². The zero-order valence-electron chi connectivity index (χ0n) is 10.1. The summed E-state index contributed by atoms with van der Waals surface area (Å²) < 4.78 is 0. The summed E-state index contributed by atoms with van der Waals surface area (Å²) in [5, 5.41) is 10.3. The Labute approximate surface area is 106 Å². The van der Waals surface area contributed by atoms with E-state index in [2.05, 4.69) is 4.98 Å². The number of hydrogen-bond donors (Lipinski definition) is 1. The zero-order chi connectivity index (χ0) is 12.3. The van der Waals surface area contributed by atoms with Gasteiger partial charge in [0.15, 0.2) is 0 Å². The highest BCUT2D eigenvalue weighted by Crippen LogP contribution is 2.55. The molecule has 18 heavy (non-hydrogen) atoms. The second-order valence-corrected chi connectivity index (χ2v) is 5.83. The predicted molar refractivity (Wildman–Crippen MR) is 64.8 cm³/mol. The van der Waals surface area contributed by atoms with E-state index in [9.17, 15) is 9.90 Å². The van der Waals surface area contributed by atoms with Crippen LogP contribution in [0.15, 0.2) is 24.5 Å². The third-order valence-corrected chi connectivity index (χ3v) is 5.04. The van der Waals surface area contributed by atoms with E-state index >= 15 is 0 Å². The molecule has 5 atom stereocenters. The topological polar surface area (TPSA) is 53.4 Å². The van der Waals surface area contributed by atoms with Crippen LogP contribution >= 0.6 is 0 Å². The van der Waals surface area contributed by atoms with Gasteiger partial charge in [0.2, 0.25) is 0 Å². The molecule has 3 fully saturated rings. The molecule has 4 nitrogen and oxygen atoms in total. The molecule has 1 aromatic heterocycles. The number of carbonyl (C=O) groups is 1. The number of aliphatic hydroxyl groups excluding tert-OH is 1. The molecule has 2 saturated carbocycles. The molecule has 2 heterocycles. The lowest BCUT2D eigenvalue weighted by Gasteiger charge is -2.28. The Morgan fingerprint density at radius 3 is 2.78 bits per heavy atom. The van der Waals surface area contributed by atoms with E-state index in [0.29, 0.717) is 23.3 Å². The van der Waals surface area contributed by atoms with E-state index in [1.54, 1.807) is 24.5 Å². The monoisotopic (exact) mass is 244 g/mol. The largest absolute Gasteiger partial charge is 0.391 e. The first kappa shape index (κ1) is 10.5. The van der Waals surface area contributed by atoms with E-state index in [0.717, 1.165) is 19.4 Å². The Morgan fingerprint density at radius 2 is 2.06 bits per heavy atom. The molecule has 2 aliphatic carbocycles. The molecule has 1 aromatic rings. The van der Waals surface area contributed by atoms with Crippen molar-refractivity contribution in [1.29, 1.82) is 0 Å². The van der Waals surface area contributed by atoms with Gasteiger partial charge in [0.05, 0.1) is 12.1 Å². The summed E-state index contributed by atoms with van der Waals surface area (Å²) in [6.07, 6.45) is 5.19. The van der Waals surface area contributed by atoms with Gasteiger partial charge in [0.1, 0.15) is 0 Å². The van der Waals surface area contributed by atoms with E-state index in [1.807, 2.05) is 4.90 Å². The maximum absolute atomic E-state index is 12.5. The lowest BCUT2D eigenvalue weighted by molar-refractivity contribution is 0.0402. The van der Waals surface area contributed by atoms with Crippen LogP contribution in [0, 0.1) is 17.8 Å². The fourth-order valence-electron chi connectivity index (χ4n) is 4.31. The summed E-state index contributed by atoms with van der Waals surface area (Å²) in [5.74, 6) is 1.64. The lowest BCUT2D eigenvalue weighted by atomic mass is 9.88. The Balaban J connectivity index is 1.65. The number of rotatable bonds is 1. The van der Waals surface area contributed by atoms with Gasteiger partial charge in [-0.2, -0.15) is 0 Å². The molecule has 4 heteroatoms. The normalized spacial score (nSPS) is 40.5. The van der Waals surface area contributed by atoms with Crippen molar-refractivity contribution in [3.8, 4) is 0 Å². The van der Waals surface area contributed by atoms with Crippen molar-refractivity contribution in [3.05, 3.63) is 30.1 Å². The van der Waals surface area contributed by atoms with E-state index in [4.69, 9.17) is 0 Å². The molecule has 1 aliphatic heterocycles. The summed E-state index contributed by atoms with van der Waals surface area (Å²) in [5.41, 5.74) is 0.682. The van der Waals surface area contributed by atoms with Gasteiger partial charge in [0, 0.05) is 24.5 Å². The highest BCUT2D eigenvalue weighted by Gasteiger charge is 2.59. The minimum Gasteiger partial charge on any atom is -0.391 e. The Morgan fingerprint density at radius 1 is 1.28 bits per heavy atom. The van der Waals surface area contributed by atoms with Crippen molar-refractivity contribution in [2.24, 2.45) is 17.8 Å². The third kappa shape index (κ3) is 1.24. The summed E-state index contributed by atoms with van der Waals surface area (Å²) in [6.45, 7) is 0.823. The van der Waals surface area contributed by atoms with Crippen LogP contribution in [0.25, 0.3) is 0 Å². The molecule has 3 aliphatic rings. The zero-order valence-corrected chi connectivity index (χ0v) is 10.1. The first-order valence-electron chi connectivity index (χ1n) is 6.65. The summed E-state index contributed by atoms with van der Waals surface area (Å²) in [7, 11) is 0. The van der Waals surface area contributed by atoms with Gasteiger partial charge in [-0.3, -0.25) is 9.78 Å². The summed E-state index contributed by atoms with van der Waals surface area (Å²) in [4.78, 5) is 18.3. The minimum absolute atomic E-state index is 0.0523. The van der Waals surface area contributed by atoms with Gasteiger partial charge >= 0.3 is 0 Å².